The summed E-state index contributed by atoms with van der Waals surface area (Å²) in [5.74, 6) is 1.08. The molecule has 0 fully saturated rings. The molecule has 2 unspecified atom stereocenters. The smallest absolute Gasteiger partial charge is 0.211 e. The van der Waals surface area contributed by atoms with E-state index in [2.05, 4.69) is 0 Å². The van der Waals surface area contributed by atoms with Gasteiger partial charge in [0.05, 0.1) is 0 Å². The molecule has 0 saturated heterocycles. The van der Waals surface area contributed by atoms with Gasteiger partial charge < -0.3 is 0 Å². The average Bonchev–Trinajstić information content (AvgIpc) is 1.98. The second-order valence-corrected chi connectivity index (χ2v) is 3.70. The van der Waals surface area contributed by atoms with Crippen LogP contribution in [0, 0.1) is 11.8 Å². The molecule has 0 radical (unpaired) electrons. The molecule has 0 aromatic carbocycles. The van der Waals surface area contributed by atoms with Gasteiger partial charge in [-0.25, -0.2) is 8.78 Å². The van der Waals surface area contributed by atoms with Crippen molar-refractivity contribution in [3.63, 3.8) is 0 Å². The number of halogens is 3. The molecule has 0 aromatic rings. The van der Waals surface area contributed by atoms with Gasteiger partial charge in [-0.2, -0.15) is 0 Å². The first kappa shape index (κ1) is 12.2. The van der Waals surface area contributed by atoms with Crippen LogP contribution in [0.4, 0.5) is 8.78 Å². The number of rotatable bonds is 6. The highest BCUT2D eigenvalue weighted by atomic mass is 35.5. The average molecular weight is 199 g/mol. The van der Waals surface area contributed by atoms with Crippen molar-refractivity contribution in [3.8, 4) is 0 Å². The van der Waals surface area contributed by atoms with Gasteiger partial charge in [0.1, 0.15) is 0 Å². The molecule has 0 spiro atoms. The van der Waals surface area contributed by atoms with Crippen LogP contribution in [0.15, 0.2) is 0 Å². The highest BCUT2D eigenvalue weighted by Crippen LogP contribution is 2.21. The van der Waals surface area contributed by atoms with E-state index in [0.29, 0.717) is 11.8 Å². The Kier molecular flexibility index (Phi) is 6.73. The lowest BCUT2D eigenvalue weighted by atomic mass is 9.93. The van der Waals surface area contributed by atoms with Gasteiger partial charge in [-0.1, -0.05) is 20.3 Å². The second-order valence-electron chi connectivity index (χ2n) is 3.40. The molecule has 0 saturated carbocycles. The van der Waals surface area contributed by atoms with Gasteiger partial charge in [-0.15, -0.1) is 11.6 Å². The molecule has 0 aliphatic rings. The first-order chi connectivity index (χ1) is 5.60. The Balaban J connectivity index is 3.58. The summed E-state index contributed by atoms with van der Waals surface area (Å²) in [6, 6.07) is 0. The van der Waals surface area contributed by atoms with E-state index in [0.717, 1.165) is 12.8 Å². The van der Waals surface area contributed by atoms with E-state index in [1.54, 1.807) is 0 Å². The maximum absolute atomic E-state index is 11.9. The molecule has 0 heterocycles. The van der Waals surface area contributed by atoms with E-state index in [1.165, 1.54) is 0 Å². The van der Waals surface area contributed by atoms with E-state index < -0.39 is 6.43 Å². The van der Waals surface area contributed by atoms with Crippen molar-refractivity contribution in [2.45, 2.75) is 39.5 Å². The summed E-state index contributed by atoms with van der Waals surface area (Å²) in [7, 11) is 0. The van der Waals surface area contributed by atoms with E-state index in [-0.39, 0.29) is 12.3 Å². The Morgan fingerprint density at radius 2 is 1.83 bits per heavy atom. The maximum Gasteiger partial charge on any atom is 0.238 e. The minimum atomic E-state index is -2.17. The first-order valence-electron chi connectivity index (χ1n) is 4.44. The first-order valence-corrected chi connectivity index (χ1v) is 4.97. The molecule has 0 rings (SSSR count). The van der Waals surface area contributed by atoms with Gasteiger partial charge in [0.2, 0.25) is 6.43 Å². The maximum atomic E-state index is 11.9. The molecule has 0 bridgehead atoms. The summed E-state index contributed by atoms with van der Waals surface area (Å²) in [4.78, 5) is 0. The third kappa shape index (κ3) is 5.76. The predicted molar refractivity (Wildman–Crippen MR) is 48.9 cm³/mol. The lowest BCUT2D eigenvalue weighted by Gasteiger charge is -2.16. The molecular weight excluding hydrogens is 182 g/mol. The largest absolute Gasteiger partial charge is 0.238 e. The molecule has 0 aromatic heterocycles. The fourth-order valence-corrected chi connectivity index (χ4v) is 1.65. The molecule has 12 heavy (non-hydrogen) atoms. The van der Waals surface area contributed by atoms with Crippen molar-refractivity contribution in [2.24, 2.45) is 11.8 Å². The Labute approximate surface area is 78.3 Å². The fraction of sp³-hybridized carbons (Fsp3) is 1.00. The third-order valence-electron chi connectivity index (χ3n) is 2.11. The minimum Gasteiger partial charge on any atom is -0.211 e. The number of alkyl halides is 3. The lowest BCUT2D eigenvalue weighted by Crippen LogP contribution is -2.10. The zero-order chi connectivity index (χ0) is 9.56. The van der Waals surface area contributed by atoms with Crippen LogP contribution < -0.4 is 0 Å². The van der Waals surface area contributed by atoms with Gasteiger partial charge in [-0.3, -0.25) is 0 Å². The Morgan fingerprint density at radius 3 is 2.17 bits per heavy atom. The Bertz CT molecular complexity index is 103. The summed E-state index contributed by atoms with van der Waals surface area (Å²) in [6.07, 6.45) is -0.359. The van der Waals surface area contributed by atoms with Crippen LogP contribution in [0.2, 0.25) is 0 Å². The summed E-state index contributed by atoms with van der Waals surface area (Å²) in [5.41, 5.74) is 0. The van der Waals surface area contributed by atoms with Crippen LogP contribution in [0.5, 0.6) is 0 Å². The van der Waals surface area contributed by atoms with Crippen LogP contribution in [0.25, 0.3) is 0 Å². The number of hydrogen-bond donors (Lipinski definition) is 0. The van der Waals surface area contributed by atoms with Crippen LogP contribution >= 0.6 is 11.6 Å². The van der Waals surface area contributed by atoms with E-state index >= 15 is 0 Å². The van der Waals surface area contributed by atoms with E-state index in [4.69, 9.17) is 11.6 Å². The zero-order valence-electron chi connectivity index (χ0n) is 7.69. The highest BCUT2D eigenvalue weighted by Gasteiger charge is 2.14. The fourth-order valence-electron chi connectivity index (χ4n) is 1.31. The van der Waals surface area contributed by atoms with Crippen molar-refractivity contribution < 1.29 is 8.78 Å². The predicted octanol–water partition coefficient (Wildman–Crippen LogP) is 3.93. The van der Waals surface area contributed by atoms with Crippen molar-refractivity contribution in [1.29, 1.82) is 0 Å². The number of hydrogen-bond acceptors (Lipinski definition) is 0. The standard InChI is InChI=1S/C9H17ClF2/c1-3-8(6-10)4-7(2)5-9(11)12/h7-9H,3-6H2,1-2H3. The van der Waals surface area contributed by atoms with Gasteiger partial charge >= 0.3 is 0 Å². The monoisotopic (exact) mass is 198 g/mol. The van der Waals surface area contributed by atoms with Crippen molar-refractivity contribution in [2.75, 3.05) is 5.88 Å². The SMILES string of the molecule is CCC(CCl)CC(C)CC(F)F. The van der Waals surface area contributed by atoms with E-state index in [9.17, 15) is 8.78 Å². The van der Waals surface area contributed by atoms with Crippen LogP contribution in [0.3, 0.4) is 0 Å². The summed E-state index contributed by atoms with van der Waals surface area (Å²) >= 11 is 5.66. The molecular formula is C9H17ClF2. The highest BCUT2D eigenvalue weighted by molar-refractivity contribution is 6.18. The second kappa shape index (κ2) is 6.64. The molecule has 0 nitrogen and oxygen atoms in total. The summed E-state index contributed by atoms with van der Waals surface area (Å²) in [6.45, 7) is 3.91. The molecule has 74 valence electrons. The van der Waals surface area contributed by atoms with Crippen LogP contribution in [-0.4, -0.2) is 12.3 Å². The van der Waals surface area contributed by atoms with Crippen molar-refractivity contribution in [3.05, 3.63) is 0 Å². The van der Waals surface area contributed by atoms with Gasteiger partial charge in [0.25, 0.3) is 0 Å². The lowest BCUT2D eigenvalue weighted by molar-refractivity contribution is 0.112. The summed E-state index contributed by atoms with van der Waals surface area (Å²) < 4.78 is 23.8. The van der Waals surface area contributed by atoms with Crippen molar-refractivity contribution >= 4 is 11.6 Å². The minimum absolute atomic E-state index is 0.00733. The topological polar surface area (TPSA) is 0 Å². The molecule has 0 aliphatic heterocycles. The van der Waals surface area contributed by atoms with E-state index in [1.807, 2.05) is 13.8 Å². The van der Waals surface area contributed by atoms with Gasteiger partial charge in [0, 0.05) is 12.3 Å². The summed E-state index contributed by atoms with van der Waals surface area (Å²) in [5, 5.41) is 0. The van der Waals surface area contributed by atoms with Crippen LogP contribution in [-0.2, 0) is 0 Å². The Hall–Kier alpha value is 0.150. The molecule has 0 N–H and O–H groups in total. The third-order valence-corrected chi connectivity index (χ3v) is 2.55. The normalized spacial score (nSPS) is 16.5. The molecule has 0 amide bonds. The quantitative estimate of drug-likeness (QED) is 0.568. The van der Waals surface area contributed by atoms with Gasteiger partial charge in [0.15, 0.2) is 0 Å². The van der Waals surface area contributed by atoms with Crippen LogP contribution in [0.1, 0.15) is 33.1 Å². The Morgan fingerprint density at radius 1 is 1.25 bits per heavy atom. The van der Waals surface area contributed by atoms with Crippen molar-refractivity contribution in [1.82, 2.24) is 0 Å². The molecule has 3 heteroatoms. The zero-order valence-corrected chi connectivity index (χ0v) is 8.45. The molecule has 0 aliphatic carbocycles. The molecule has 2 atom stereocenters. The van der Waals surface area contributed by atoms with Gasteiger partial charge in [-0.05, 0) is 18.3 Å².